The fourth-order valence-electron chi connectivity index (χ4n) is 3.36. The number of fused-ring (bicyclic) bond motifs is 1. The molecule has 1 aliphatic heterocycles. The number of esters is 1. The van der Waals surface area contributed by atoms with Crippen molar-refractivity contribution in [2.75, 3.05) is 6.54 Å². The molecule has 1 heterocycles. The molecule has 0 bridgehead atoms. The predicted octanol–water partition coefficient (Wildman–Crippen LogP) is 6.06. The van der Waals surface area contributed by atoms with Crippen molar-refractivity contribution >= 4 is 57.0 Å². The number of unbranched alkanes of at least 4 members (excludes halogenated alkanes) is 1. The Morgan fingerprint density at radius 1 is 1.06 bits per heavy atom. The summed E-state index contributed by atoms with van der Waals surface area (Å²) >= 11 is 6.67. The van der Waals surface area contributed by atoms with Gasteiger partial charge in [0.15, 0.2) is 0 Å². The molecule has 4 rings (SSSR count). The fraction of sp³-hybridized carbons (Fsp3) is 0.160. The Kier molecular flexibility index (Phi) is 6.49. The van der Waals surface area contributed by atoms with E-state index in [9.17, 15) is 9.59 Å². The highest BCUT2D eigenvalue weighted by molar-refractivity contribution is 8.26. The molecule has 3 aromatic rings. The summed E-state index contributed by atoms with van der Waals surface area (Å²) in [5.74, 6) is 0.00170. The number of ether oxygens (including phenoxy) is 1. The van der Waals surface area contributed by atoms with Crippen LogP contribution in [0.4, 0.5) is 0 Å². The van der Waals surface area contributed by atoms with Gasteiger partial charge in [-0.2, -0.15) is 0 Å². The van der Waals surface area contributed by atoms with E-state index in [2.05, 4.69) is 6.92 Å². The smallest absolute Gasteiger partial charge is 0.344 e. The number of carbonyl (C=O) groups is 2. The number of hydrogen-bond acceptors (Lipinski definition) is 5. The summed E-state index contributed by atoms with van der Waals surface area (Å²) in [4.78, 5) is 27.5. The Morgan fingerprint density at radius 3 is 2.58 bits per heavy atom. The summed E-state index contributed by atoms with van der Waals surface area (Å²) in [5.41, 5.74) is 1.37. The first kappa shape index (κ1) is 21.3. The molecule has 0 spiro atoms. The highest BCUT2D eigenvalue weighted by atomic mass is 32.2. The van der Waals surface area contributed by atoms with Crippen LogP contribution in [-0.4, -0.2) is 27.6 Å². The zero-order valence-electron chi connectivity index (χ0n) is 17.0. The third-order valence-electron chi connectivity index (χ3n) is 5.01. The molecule has 31 heavy (non-hydrogen) atoms. The fourth-order valence-corrected chi connectivity index (χ4v) is 4.67. The Morgan fingerprint density at radius 2 is 1.81 bits per heavy atom. The van der Waals surface area contributed by atoms with Crippen molar-refractivity contribution in [3.05, 3.63) is 82.8 Å². The minimum atomic E-state index is -0.402. The first-order chi connectivity index (χ1) is 15.1. The normalized spacial score (nSPS) is 15.1. The van der Waals surface area contributed by atoms with Gasteiger partial charge in [0, 0.05) is 6.54 Å². The van der Waals surface area contributed by atoms with Crippen molar-refractivity contribution in [2.45, 2.75) is 19.8 Å². The van der Waals surface area contributed by atoms with Crippen LogP contribution >= 0.6 is 24.0 Å². The van der Waals surface area contributed by atoms with Gasteiger partial charge in [-0.1, -0.05) is 85.9 Å². The average Bonchev–Trinajstić information content (AvgIpc) is 3.05. The maximum Gasteiger partial charge on any atom is 0.344 e. The predicted molar refractivity (Wildman–Crippen MR) is 130 cm³/mol. The van der Waals surface area contributed by atoms with Crippen molar-refractivity contribution in [2.24, 2.45) is 0 Å². The van der Waals surface area contributed by atoms with Gasteiger partial charge in [-0.15, -0.1) is 0 Å². The molecule has 156 valence electrons. The Balaban J connectivity index is 1.47. The summed E-state index contributed by atoms with van der Waals surface area (Å²) < 4.78 is 6.17. The van der Waals surface area contributed by atoms with E-state index in [1.165, 1.54) is 11.8 Å². The number of thioether (sulfide) groups is 1. The number of rotatable bonds is 6. The molecule has 6 heteroatoms. The van der Waals surface area contributed by atoms with E-state index in [0.29, 0.717) is 27.1 Å². The van der Waals surface area contributed by atoms with E-state index in [1.54, 1.807) is 23.1 Å². The van der Waals surface area contributed by atoms with Crippen molar-refractivity contribution in [3.63, 3.8) is 0 Å². The topological polar surface area (TPSA) is 46.6 Å². The first-order valence-electron chi connectivity index (χ1n) is 10.1. The summed E-state index contributed by atoms with van der Waals surface area (Å²) in [6.07, 6.45) is 3.76. The summed E-state index contributed by atoms with van der Waals surface area (Å²) in [6, 6.07) is 20.4. The number of hydrogen-bond donors (Lipinski definition) is 0. The van der Waals surface area contributed by atoms with E-state index < -0.39 is 5.97 Å². The Hall–Kier alpha value is -2.96. The number of amides is 1. The molecule has 4 nitrogen and oxygen atoms in total. The summed E-state index contributed by atoms with van der Waals surface area (Å²) in [5, 5.41) is 1.85. The lowest BCUT2D eigenvalue weighted by Gasteiger charge is -2.13. The zero-order chi connectivity index (χ0) is 21.8. The largest absolute Gasteiger partial charge is 0.423 e. The minimum absolute atomic E-state index is 0.0464. The second-order valence-electron chi connectivity index (χ2n) is 7.17. The van der Waals surface area contributed by atoms with Gasteiger partial charge in [-0.25, -0.2) is 4.79 Å². The molecular formula is C25H21NO3S2. The zero-order valence-corrected chi connectivity index (χ0v) is 18.7. The molecule has 1 fully saturated rings. The Bertz CT molecular complexity index is 1180. The van der Waals surface area contributed by atoms with Gasteiger partial charge in [-0.3, -0.25) is 9.69 Å². The molecule has 0 N–H and O–H groups in total. The maximum absolute atomic E-state index is 12.7. The molecule has 1 saturated heterocycles. The van der Waals surface area contributed by atoms with Gasteiger partial charge in [0.25, 0.3) is 5.91 Å². The summed E-state index contributed by atoms with van der Waals surface area (Å²) in [6.45, 7) is 2.74. The van der Waals surface area contributed by atoms with Crippen molar-refractivity contribution < 1.29 is 14.3 Å². The second-order valence-corrected chi connectivity index (χ2v) is 8.85. The van der Waals surface area contributed by atoms with Gasteiger partial charge in [-0.05, 0) is 47.0 Å². The standard InChI is InChI=1S/C25H21NO3S2/c1-2-3-15-26-23(27)22(31-25(26)30)16-17-11-13-19(14-12-17)29-24(28)21-10-6-8-18-7-4-5-9-20(18)21/h4-14,16H,2-3,15H2,1H3/b22-16+. The van der Waals surface area contributed by atoms with Crippen molar-refractivity contribution in [3.8, 4) is 5.75 Å². The Labute approximate surface area is 190 Å². The number of benzene rings is 3. The van der Waals surface area contributed by atoms with Crippen molar-refractivity contribution in [1.29, 1.82) is 0 Å². The minimum Gasteiger partial charge on any atom is -0.423 e. The molecular weight excluding hydrogens is 426 g/mol. The van der Waals surface area contributed by atoms with Gasteiger partial charge in [0.05, 0.1) is 10.5 Å². The van der Waals surface area contributed by atoms with Crippen LogP contribution in [0.2, 0.25) is 0 Å². The van der Waals surface area contributed by atoms with E-state index in [1.807, 2.05) is 54.6 Å². The van der Waals surface area contributed by atoms with E-state index in [4.69, 9.17) is 17.0 Å². The van der Waals surface area contributed by atoms with Gasteiger partial charge >= 0.3 is 5.97 Å². The van der Waals surface area contributed by atoms with Gasteiger partial charge in [0.1, 0.15) is 10.1 Å². The SMILES string of the molecule is CCCCN1C(=O)/C(=C\c2ccc(OC(=O)c3cccc4ccccc34)cc2)SC1=S. The van der Waals surface area contributed by atoms with Crippen LogP contribution in [-0.2, 0) is 4.79 Å². The van der Waals surface area contributed by atoms with E-state index in [0.717, 1.165) is 29.2 Å². The molecule has 0 saturated carbocycles. The third kappa shape index (κ3) is 4.70. The number of nitrogens with zero attached hydrogens (tertiary/aromatic N) is 1. The van der Waals surface area contributed by atoms with E-state index in [-0.39, 0.29) is 5.91 Å². The van der Waals surface area contributed by atoms with Gasteiger partial charge in [0.2, 0.25) is 0 Å². The lowest BCUT2D eigenvalue weighted by atomic mass is 10.0. The van der Waals surface area contributed by atoms with Crippen LogP contribution in [0, 0.1) is 0 Å². The third-order valence-corrected chi connectivity index (χ3v) is 6.38. The molecule has 3 aromatic carbocycles. The van der Waals surface area contributed by atoms with Crippen LogP contribution in [0.3, 0.4) is 0 Å². The number of carbonyl (C=O) groups excluding carboxylic acids is 2. The molecule has 0 atom stereocenters. The van der Waals surface area contributed by atoms with Gasteiger partial charge < -0.3 is 4.74 Å². The molecule has 1 amide bonds. The average molecular weight is 448 g/mol. The lowest BCUT2D eigenvalue weighted by Crippen LogP contribution is -2.28. The number of thiocarbonyl (C=S) groups is 1. The summed E-state index contributed by atoms with van der Waals surface area (Å²) in [7, 11) is 0. The monoisotopic (exact) mass is 447 g/mol. The molecule has 0 aliphatic carbocycles. The highest BCUT2D eigenvalue weighted by Gasteiger charge is 2.31. The van der Waals surface area contributed by atoms with Crippen LogP contribution < -0.4 is 4.74 Å². The molecule has 0 unspecified atom stereocenters. The first-order valence-corrected chi connectivity index (χ1v) is 11.3. The van der Waals surface area contributed by atoms with Crippen molar-refractivity contribution in [1.82, 2.24) is 4.90 Å². The second kappa shape index (κ2) is 9.45. The highest BCUT2D eigenvalue weighted by Crippen LogP contribution is 2.33. The molecule has 1 aliphatic rings. The van der Waals surface area contributed by atoms with Crippen LogP contribution in [0.25, 0.3) is 16.8 Å². The lowest BCUT2D eigenvalue weighted by molar-refractivity contribution is -0.122. The van der Waals surface area contributed by atoms with E-state index >= 15 is 0 Å². The quantitative estimate of drug-likeness (QED) is 0.199. The van der Waals surface area contributed by atoms with Crippen LogP contribution in [0.15, 0.2) is 71.6 Å². The van der Waals surface area contributed by atoms with Crippen LogP contribution in [0.5, 0.6) is 5.75 Å². The molecule has 0 aromatic heterocycles. The maximum atomic E-state index is 12.7. The molecule has 0 radical (unpaired) electrons. The van der Waals surface area contributed by atoms with Crippen LogP contribution in [0.1, 0.15) is 35.7 Å².